The van der Waals surface area contributed by atoms with E-state index >= 15 is 0 Å². The first-order valence-corrected chi connectivity index (χ1v) is 7.62. The highest BCUT2D eigenvalue weighted by atomic mass is 16.5. The smallest absolute Gasteiger partial charge is 0.348 e. The number of methoxy groups -OCH3 is 2. The van der Waals surface area contributed by atoms with Gasteiger partial charge in [-0.2, -0.15) is 4.98 Å². The first-order chi connectivity index (χ1) is 11.6. The van der Waals surface area contributed by atoms with E-state index < -0.39 is 0 Å². The largest absolute Gasteiger partial charge is 0.493 e. The van der Waals surface area contributed by atoms with Crippen LogP contribution in [0.1, 0.15) is 24.4 Å². The van der Waals surface area contributed by atoms with Crippen LogP contribution in [0.2, 0.25) is 0 Å². The fourth-order valence-electron chi connectivity index (χ4n) is 2.85. The molecule has 0 aliphatic carbocycles. The molecule has 1 aromatic carbocycles. The number of rotatable bonds is 4. The Labute approximate surface area is 139 Å². The molecule has 124 valence electrons. The molecule has 0 bridgehead atoms. The Balaban J connectivity index is 2.33. The summed E-state index contributed by atoms with van der Waals surface area (Å²) in [6.45, 7) is 3.74. The molecule has 0 N–H and O–H groups in total. The summed E-state index contributed by atoms with van der Waals surface area (Å²) < 4.78 is 12.4. The SMILES string of the molecule is COc1cc2c(C)nc(=O)n(C(C)c3ccccn3)c2cc1OC. The summed E-state index contributed by atoms with van der Waals surface area (Å²) in [6.07, 6.45) is 1.71. The van der Waals surface area contributed by atoms with Crippen LogP contribution in [0.3, 0.4) is 0 Å². The molecule has 0 spiro atoms. The van der Waals surface area contributed by atoms with Crippen molar-refractivity contribution in [1.29, 1.82) is 0 Å². The fraction of sp³-hybridized carbons (Fsp3) is 0.278. The molecule has 2 aromatic heterocycles. The highest BCUT2D eigenvalue weighted by Gasteiger charge is 2.18. The molecule has 3 aromatic rings. The fourth-order valence-corrected chi connectivity index (χ4v) is 2.85. The van der Waals surface area contributed by atoms with Gasteiger partial charge < -0.3 is 9.47 Å². The average Bonchev–Trinajstić information content (AvgIpc) is 2.61. The van der Waals surface area contributed by atoms with Gasteiger partial charge in [-0.25, -0.2) is 4.79 Å². The number of ether oxygens (including phenoxy) is 2. The first-order valence-electron chi connectivity index (χ1n) is 7.62. The summed E-state index contributed by atoms with van der Waals surface area (Å²) in [5, 5.41) is 0.843. The molecule has 0 saturated carbocycles. The van der Waals surface area contributed by atoms with Crippen LogP contribution < -0.4 is 15.2 Å². The lowest BCUT2D eigenvalue weighted by atomic mass is 10.1. The van der Waals surface area contributed by atoms with E-state index in [2.05, 4.69) is 9.97 Å². The predicted octanol–water partition coefficient (Wildman–Crippen LogP) is 2.73. The highest BCUT2D eigenvalue weighted by Crippen LogP contribution is 2.33. The van der Waals surface area contributed by atoms with Crippen molar-refractivity contribution in [3.8, 4) is 11.5 Å². The number of pyridine rings is 1. The molecule has 1 atom stereocenters. The minimum Gasteiger partial charge on any atom is -0.493 e. The van der Waals surface area contributed by atoms with Crippen LogP contribution in [0.4, 0.5) is 0 Å². The van der Waals surface area contributed by atoms with Crippen molar-refractivity contribution >= 4 is 10.9 Å². The quantitative estimate of drug-likeness (QED) is 0.738. The van der Waals surface area contributed by atoms with Crippen LogP contribution in [0.25, 0.3) is 10.9 Å². The van der Waals surface area contributed by atoms with Gasteiger partial charge in [-0.1, -0.05) is 6.07 Å². The van der Waals surface area contributed by atoms with E-state index in [1.807, 2.05) is 44.2 Å². The van der Waals surface area contributed by atoms with Gasteiger partial charge in [-0.05, 0) is 32.0 Å². The van der Waals surface area contributed by atoms with Crippen molar-refractivity contribution in [2.24, 2.45) is 0 Å². The van der Waals surface area contributed by atoms with E-state index in [1.165, 1.54) is 0 Å². The van der Waals surface area contributed by atoms with Crippen LogP contribution in [0.5, 0.6) is 11.5 Å². The van der Waals surface area contributed by atoms with Gasteiger partial charge in [0.15, 0.2) is 11.5 Å². The molecule has 0 aliphatic rings. The maximum absolute atomic E-state index is 12.6. The van der Waals surface area contributed by atoms with Gasteiger partial charge in [-0.15, -0.1) is 0 Å². The molecule has 0 fully saturated rings. The summed E-state index contributed by atoms with van der Waals surface area (Å²) >= 11 is 0. The molecular formula is C18H19N3O3. The Kier molecular flexibility index (Phi) is 4.20. The molecule has 0 amide bonds. The van der Waals surface area contributed by atoms with Crippen molar-refractivity contribution < 1.29 is 9.47 Å². The van der Waals surface area contributed by atoms with Crippen LogP contribution in [-0.4, -0.2) is 28.8 Å². The number of aromatic nitrogens is 3. The third-order valence-corrected chi connectivity index (χ3v) is 4.12. The van der Waals surface area contributed by atoms with Crippen LogP contribution in [-0.2, 0) is 0 Å². The summed E-state index contributed by atoms with van der Waals surface area (Å²) in [7, 11) is 3.15. The maximum atomic E-state index is 12.6. The first kappa shape index (κ1) is 16.0. The number of aryl methyl sites for hydroxylation is 1. The standard InChI is InChI=1S/C18H19N3O3/c1-11-13-9-16(23-3)17(24-4)10-15(13)21(18(22)20-11)12(2)14-7-5-6-8-19-14/h5-10,12H,1-4H3. The molecular weight excluding hydrogens is 306 g/mol. The lowest BCUT2D eigenvalue weighted by Crippen LogP contribution is -2.28. The maximum Gasteiger partial charge on any atom is 0.348 e. The van der Waals surface area contributed by atoms with E-state index in [1.54, 1.807) is 25.0 Å². The van der Waals surface area contributed by atoms with E-state index in [0.29, 0.717) is 17.2 Å². The Morgan fingerprint density at radius 2 is 1.83 bits per heavy atom. The van der Waals surface area contributed by atoms with Crippen molar-refractivity contribution in [1.82, 2.24) is 14.5 Å². The molecule has 2 heterocycles. The third kappa shape index (κ3) is 2.60. The second-order valence-corrected chi connectivity index (χ2v) is 5.50. The zero-order valence-corrected chi connectivity index (χ0v) is 14.1. The van der Waals surface area contributed by atoms with Gasteiger partial charge in [0.05, 0.1) is 37.2 Å². The minimum absolute atomic E-state index is 0.257. The molecule has 0 aliphatic heterocycles. The lowest BCUT2D eigenvalue weighted by Gasteiger charge is -2.19. The Hall–Kier alpha value is -2.89. The van der Waals surface area contributed by atoms with Crippen molar-refractivity contribution in [3.63, 3.8) is 0 Å². The molecule has 6 heteroatoms. The highest BCUT2D eigenvalue weighted by molar-refractivity contribution is 5.85. The lowest BCUT2D eigenvalue weighted by molar-refractivity contribution is 0.355. The van der Waals surface area contributed by atoms with Crippen LogP contribution in [0.15, 0.2) is 41.3 Å². The van der Waals surface area contributed by atoms with Crippen molar-refractivity contribution in [2.75, 3.05) is 14.2 Å². The van der Waals surface area contributed by atoms with Gasteiger partial charge in [0.2, 0.25) is 0 Å². The molecule has 24 heavy (non-hydrogen) atoms. The predicted molar refractivity (Wildman–Crippen MR) is 91.9 cm³/mol. The number of benzene rings is 1. The van der Waals surface area contributed by atoms with Gasteiger partial charge in [0, 0.05) is 17.6 Å². The third-order valence-electron chi connectivity index (χ3n) is 4.12. The van der Waals surface area contributed by atoms with E-state index in [0.717, 1.165) is 16.6 Å². The van der Waals surface area contributed by atoms with Gasteiger partial charge in [-0.3, -0.25) is 9.55 Å². The van der Waals surface area contributed by atoms with E-state index in [9.17, 15) is 4.79 Å². The number of fused-ring (bicyclic) bond motifs is 1. The number of nitrogens with zero attached hydrogens (tertiary/aromatic N) is 3. The van der Waals surface area contributed by atoms with Crippen LogP contribution in [0, 0.1) is 6.92 Å². The Morgan fingerprint density at radius 3 is 2.46 bits per heavy atom. The van der Waals surface area contributed by atoms with Gasteiger partial charge in [0.1, 0.15) is 0 Å². The summed E-state index contributed by atoms with van der Waals surface area (Å²) in [6, 6.07) is 9.04. The second-order valence-electron chi connectivity index (χ2n) is 5.50. The minimum atomic E-state index is -0.314. The molecule has 3 rings (SSSR count). The second kappa shape index (κ2) is 6.31. The molecule has 1 unspecified atom stereocenters. The van der Waals surface area contributed by atoms with E-state index in [-0.39, 0.29) is 11.7 Å². The topological polar surface area (TPSA) is 66.2 Å². The Morgan fingerprint density at radius 1 is 1.12 bits per heavy atom. The molecule has 0 radical (unpaired) electrons. The zero-order chi connectivity index (χ0) is 17.3. The van der Waals surface area contributed by atoms with Gasteiger partial charge >= 0.3 is 5.69 Å². The number of hydrogen-bond acceptors (Lipinski definition) is 5. The number of hydrogen-bond donors (Lipinski definition) is 0. The van der Waals surface area contributed by atoms with Crippen molar-refractivity contribution in [2.45, 2.75) is 19.9 Å². The average molecular weight is 325 g/mol. The van der Waals surface area contributed by atoms with Crippen molar-refractivity contribution in [3.05, 3.63) is 58.4 Å². The zero-order valence-electron chi connectivity index (χ0n) is 14.1. The molecule has 6 nitrogen and oxygen atoms in total. The summed E-state index contributed by atoms with van der Waals surface area (Å²) in [4.78, 5) is 21.1. The monoisotopic (exact) mass is 325 g/mol. The van der Waals surface area contributed by atoms with Gasteiger partial charge in [0.25, 0.3) is 0 Å². The summed E-state index contributed by atoms with van der Waals surface area (Å²) in [5.74, 6) is 1.17. The normalized spacial score (nSPS) is 12.2. The van der Waals surface area contributed by atoms with Crippen LogP contribution >= 0.6 is 0 Å². The van der Waals surface area contributed by atoms with E-state index in [4.69, 9.17) is 9.47 Å². The Bertz CT molecular complexity index is 936. The molecule has 0 saturated heterocycles. The summed E-state index contributed by atoms with van der Waals surface area (Å²) in [5.41, 5.74) is 1.87.